The van der Waals surface area contributed by atoms with Crippen molar-refractivity contribution in [2.24, 2.45) is 0 Å². The standard InChI is InChI=1S/2C31H17FN3.C11H8N.Ir/c2*32-22-13-7-12-21(18-22)31-33-25-16-14-23-27-24(15-17-26(34-31)28(25)27)30(20-10-5-2-6-11-20)35-29(23)19-8-3-1-4-9-19;1-2-6-10(7-3-1)11-8-4-5-9-12-11;/h2*1-11,13-18H;1-6,8-9H;/q3*-1;. The molecule has 0 bridgehead atoms. The zero-order chi connectivity index (χ0) is 54.9. The van der Waals surface area contributed by atoms with Crippen molar-refractivity contribution in [2.75, 3.05) is 0 Å². The molecule has 0 unspecified atom stereocenters. The minimum absolute atomic E-state index is 0. The molecular weight excluding hydrogens is 1210 g/mol. The Morgan fingerprint density at radius 1 is 0.289 bits per heavy atom. The molecule has 0 spiro atoms. The van der Waals surface area contributed by atoms with Crippen molar-refractivity contribution in [3.63, 3.8) is 0 Å². The predicted molar refractivity (Wildman–Crippen MR) is 326 cm³/mol. The van der Waals surface area contributed by atoms with Gasteiger partial charge in [0.2, 0.25) is 0 Å². The normalized spacial score (nSPS) is 11.2. The van der Waals surface area contributed by atoms with Gasteiger partial charge in [-0.3, -0.25) is 19.9 Å². The van der Waals surface area contributed by atoms with Crippen LogP contribution in [-0.4, -0.2) is 34.9 Å². The molecule has 11 aromatic carbocycles. The number of hydrogen-bond acceptors (Lipinski definition) is 7. The van der Waals surface area contributed by atoms with Gasteiger partial charge in [-0.1, -0.05) is 158 Å². The first kappa shape index (κ1) is 52.0. The number of aromatic nitrogens is 7. The summed E-state index contributed by atoms with van der Waals surface area (Å²) in [5, 5.41) is 8.35. The van der Waals surface area contributed by atoms with E-state index in [9.17, 15) is 8.78 Å². The Balaban J connectivity index is 0.000000128. The summed E-state index contributed by atoms with van der Waals surface area (Å²) in [7, 11) is 0. The molecule has 0 saturated heterocycles. The van der Waals surface area contributed by atoms with Crippen LogP contribution in [0.25, 0.3) is 144 Å². The molecule has 5 aromatic heterocycles. The summed E-state index contributed by atoms with van der Waals surface area (Å²) in [6, 6.07) is 88.9. The second kappa shape index (κ2) is 22.6. The fraction of sp³-hybridized carbons (Fsp3) is 0. The summed E-state index contributed by atoms with van der Waals surface area (Å²) in [6.07, 6.45) is 1.79. The van der Waals surface area contributed by atoms with Crippen LogP contribution in [0.1, 0.15) is 0 Å². The average Bonchev–Trinajstić information content (AvgIpc) is 3.72. The van der Waals surface area contributed by atoms with E-state index in [-0.39, 0.29) is 31.7 Å². The van der Waals surface area contributed by atoms with Crippen LogP contribution in [0.15, 0.2) is 255 Å². The topological polar surface area (TPSA) is 90.2 Å². The van der Waals surface area contributed by atoms with Crippen molar-refractivity contribution < 1.29 is 28.9 Å². The second-order valence-electron chi connectivity index (χ2n) is 19.5. The van der Waals surface area contributed by atoms with Gasteiger partial charge < -0.3 is 4.98 Å². The molecule has 16 aromatic rings. The third kappa shape index (κ3) is 10.1. The maximum atomic E-state index is 13.9. The quantitative estimate of drug-likeness (QED) is 0.116. The summed E-state index contributed by atoms with van der Waals surface area (Å²) in [5.41, 5.74) is 14.2. The first-order valence-electron chi connectivity index (χ1n) is 26.7. The largest absolute Gasteiger partial charge is 0.305 e. The maximum Gasteiger partial charge on any atom is 0.0788 e. The van der Waals surface area contributed by atoms with Crippen LogP contribution in [0.3, 0.4) is 0 Å². The van der Waals surface area contributed by atoms with E-state index in [1.165, 1.54) is 24.3 Å². The smallest absolute Gasteiger partial charge is 0.0788 e. The Morgan fingerprint density at radius 3 is 0.964 bits per heavy atom. The van der Waals surface area contributed by atoms with Crippen LogP contribution < -0.4 is 0 Å². The number of nitrogens with zero attached hydrogens (tertiary/aromatic N) is 7. The van der Waals surface area contributed by atoms with Crippen LogP contribution in [0.2, 0.25) is 0 Å². The van der Waals surface area contributed by atoms with Gasteiger partial charge in [-0.2, -0.15) is 0 Å². The van der Waals surface area contributed by atoms with Crippen molar-refractivity contribution >= 4 is 65.2 Å². The second-order valence-corrected chi connectivity index (χ2v) is 19.5. The van der Waals surface area contributed by atoms with E-state index >= 15 is 0 Å². The average molecular weight is 1250 g/mol. The molecule has 0 aliphatic heterocycles. The van der Waals surface area contributed by atoms with Gasteiger partial charge in [0.1, 0.15) is 0 Å². The Bertz CT molecular complexity index is 4400. The van der Waals surface area contributed by atoms with Gasteiger partial charge >= 0.3 is 0 Å². The molecule has 0 atom stereocenters. The van der Waals surface area contributed by atoms with Crippen LogP contribution in [0, 0.1) is 29.8 Å². The monoisotopic (exact) mass is 1250 g/mol. The van der Waals surface area contributed by atoms with Gasteiger partial charge in [0.05, 0.1) is 56.5 Å². The minimum atomic E-state index is -0.335. The van der Waals surface area contributed by atoms with E-state index in [2.05, 4.69) is 96.0 Å². The SMILES string of the molecule is Fc1cc[c-]c(-c2nc3ccc4c(-c5ccccc5)nc(-c5ccccc5)c5ccc(n2)c3c45)c1.Fc1cc[c-]c(-c2nc3ccc4c(-c5ccccc5)nc(-c5ccccc5)c5ccc(n2)c3c45)c1.[Ir].[c-]1ccccc1-c1ccccn1. The van der Waals surface area contributed by atoms with Gasteiger partial charge in [-0.05, 0) is 36.0 Å². The zero-order valence-electron chi connectivity index (χ0n) is 44.0. The Hall–Kier alpha value is -10.4. The number of pyridine rings is 3. The van der Waals surface area contributed by atoms with E-state index < -0.39 is 0 Å². The number of rotatable bonds is 7. The molecule has 0 saturated carbocycles. The first-order valence-corrected chi connectivity index (χ1v) is 26.7. The van der Waals surface area contributed by atoms with Crippen molar-refractivity contribution in [1.29, 1.82) is 0 Å². The zero-order valence-corrected chi connectivity index (χ0v) is 46.4. The van der Waals surface area contributed by atoms with Gasteiger partial charge in [-0.15, -0.1) is 95.6 Å². The van der Waals surface area contributed by atoms with E-state index in [0.717, 1.165) is 121 Å². The molecule has 0 fully saturated rings. The molecule has 16 rings (SSSR count). The number of benzene rings is 11. The van der Waals surface area contributed by atoms with Crippen molar-refractivity contribution in [3.8, 4) is 79.1 Å². The van der Waals surface area contributed by atoms with Crippen molar-refractivity contribution in [1.82, 2.24) is 34.9 Å². The van der Waals surface area contributed by atoms with Crippen molar-refractivity contribution in [3.05, 3.63) is 285 Å². The molecule has 5 heterocycles. The summed E-state index contributed by atoms with van der Waals surface area (Å²) in [6.45, 7) is 0. The molecule has 10 heteroatoms. The predicted octanol–water partition coefficient (Wildman–Crippen LogP) is 18.0. The molecule has 0 amide bonds. The third-order valence-corrected chi connectivity index (χ3v) is 14.5. The van der Waals surface area contributed by atoms with Gasteiger partial charge in [0.25, 0.3) is 0 Å². The Morgan fingerprint density at radius 2 is 0.639 bits per heavy atom. The van der Waals surface area contributed by atoms with Crippen LogP contribution >= 0.6 is 0 Å². The molecular formula is C73H42F2IrN7-3. The van der Waals surface area contributed by atoms with Crippen LogP contribution in [0.5, 0.6) is 0 Å². The molecule has 0 aliphatic carbocycles. The molecule has 1 radical (unpaired) electrons. The summed E-state index contributed by atoms with van der Waals surface area (Å²) in [4.78, 5) is 33.8. The van der Waals surface area contributed by atoms with Gasteiger partial charge in [0, 0.05) is 103 Å². The molecule has 83 heavy (non-hydrogen) atoms. The molecule has 0 aliphatic rings. The Kier molecular flexibility index (Phi) is 14.2. The number of halogens is 2. The summed E-state index contributed by atoms with van der Waals surface area (Å²) in [5.74, 6) is 0.247. The maximum absolute atomic E-state index is 13.9. The van der Waals surface area contributed by atoms with Crippen LogP contribution in [-0.2, 0) is 20.1 Å². The van der Waals surface area contributed by atoms with Gasteiger partial charge in [-0.25, -0.2) is 18.7 Å². The van der Waals surface area contributed by atoms with E-state index in [4.69, 9.17) is 29.9 Å². The van der Waals surface area contributed by atoms with E-state index in [0.29, 0.717) is 22.8 Å². The first-order chi connectivity index (χ1) is 40.5. The Labute approximate surface area is 489 Å². The number of hydrogen-bond donors (Lipinski definition) is 0. The molecule has 395 valence electrons. The van der Waals surface area contributed by atoms with E-state index in [1.54, 1.807) is 18.3 Å². The van der Waals surface area contributed by atoms with Gasteiger partial charge in [0.15, 0.2) is 0 Å². The molecule has 7 nitrogen and oxygen atoms in total. The summed E-state index contributed by atoms with van der Waals surface area (Å²) >= 11 is 0. The molecule has 0 N–H and O–H groups in total. The fourth-order valence-electron chi connectivity index (χ4n) is 10.8. The van der Waals surface area contributed by atoms with Crippen molar-refractivity contribution in [2.45, 2.75) is 0 Å². The third-order valence-electron chi connectivity index (χ3n) is 14.5. The fourth-order valence-corrected chi connectivity index (χ4v) is 10.8. The minimum Gasteiger partial charge on any atom is -0.305 e. The van der Waals surface area contributed by atoms with Crippen LogP contribution in [0.4, 0.5) is 8.78 Å². The van der Waals surface area contributed by atoms with E-state index in [1.807, 2.05) is 140 Å². The summed E-state index contributed by atoms with van der Waals surface area (Å²) < 4.78 is 27.8.